The summed E-state index contributed by atoms with van der Waals surface area (Å²) >= 11 is 0. The fourth-order valence-corrected chi connectivity index (χ4v) is 1.53. The van der Waals surface area contributed by atoms with Gasteiger partial charge in [0.1, 0.15) is 11.1 Å². The number of fused-ring (bicyclic) bond motifs is 1. The molecule has 1 aromatic carbocycles. The van der Waals surface area contributed by atoms with Gasteiger partial charge in [0.15, 0.2) is 11.3 Å². The van der Waals surface area contributed by atoms with Crippen LogP contribution < -0.4 is 0 Å². The Morgan fingerprint density at radius 2 is 2.29 bits per heavy atom. The van der Waals surface area contributed by atoms with Gasteiger partial charge in [-0.05, 0) is 12.1 Å². The molecule has 0 saturated heterocycles. The number of oxazole rings is 1. The quantitative estimate of drug-likeness (QED) is 0.687. The van der Waals surface area contributed by atoms with Crippen molar-refractivity contribution >= 4 is 17.1 Å². The van der Waals surface area contributed by atoms with Crippen molar-refractivity contribution in [2.24, 2.45) is 0 Å². The summed E-state index contributed by atoms with van der Waals surface area (Å²) in [5, 5.41) is 18.9. The molecule has 2 N–H and O–H groups in total. The lowest BCUT2D eigenvalue weighted by Crippen LogP contribution is -1.95. The van der Waals surface area contributed by atoms with Gasteiger partial charge in [0.05, 0.1) is 6.20 Å². The molecule has 0 aliphatic heterocycles. The molecule has 0 amide bonds. The van der Waals surface area contributed by atoms with Crippen LogP contribution >= 0.6 is 0 Å². The Morgan fingerprint density at radius 3 is 3.00 bits per heavy atom. The number of rotatable bonds is 2. The molecule has 3 aromatic rings. The molecule has 7 heteroatoms. The first-order valence-corrected chi connectivity index (χ1v) is 4.74. The largest absolute Gasteiger partial charge is 0.478 e. The molecule has 3 rings (SSSR count). The monoisotopic (exact) mass is 230 g/mol. The maximum absolute atomic E-state index is 11.0. The summed E-state index contributed by atoms with van der Waals surface area (Å²) in [7, 11) is 0. The van der Waals surface area contributed by atoms with E-state index in [2.05, 4.69) is 20.4 Å². The van der Waals surface area contributed by atoms with Gasteiger partial charge in [-0.25, -0.2) is 9.78 Å². The predicted molar refractivity (Wildman–Crippen MR) is 56.3 cm³/mol. The van der Waals surface area contributed by atoms with E-state index >= 15 is 0 Å². The zero-order valence-electron chi connectivity index (χ0n) is 8.41. The number of carboxylic acids is 1. The minimum Gasteiger partial charge on any atom is -0.478 e. The SMILES string of the molecule is O=C(O)c1cccc2nc(-c3cn[nH]n3)oc12. The molecule has 0 saturated carbocycles. The molecule has 2 heterocycles. The summed E-state index contributed by atoms with van der Waals surface area (Å²) in [6, 6.07) is 4.75. The normalized spacial score (nSPS) is 10.8. The van der Waals surface area contributed by atoms with Crippen LogP contribution in [-0.4, -0.2) is 31.5 Å². The van der Waals surface area contributed by atoms with Crippen molar-refractivity contribution in [3.05, 3.63) is 30.0 Å². The summed E-state index contributed by atoms with van der Waals surface area (Å²) in [6.45, 7) is 0. The Bertz CT molecular complexity index is 687. The minimum atomic E-state index is -1.06. The molecule has 0 unspecified atom stereocenters. The number of carboxylic acid groups (broad SMARTS) is 1. The Labute approximate surface area is 94.1 Å². The number of aromatic amines is 1. The third-order valence-electron chi connectivity index (χ3n) is 2.28. The summed E-state index contributed by atoms with van der Waals surface area (Å²) in [6.07, 6.45) is 1.45. The Morgan fingerprint density at radius 1 is 1.41 bits per heavy atom. The van der Waals surface area contributed by atoms with E-state index in [1.165, 1.54) is 12.3 Å². The molecule has 0 aliphatic carbocycles. The fourth-order valence-electron chi connectivity index (χ4n) is 1.53. The van der Waals surface area contributed by atoms with Crippen molar-refractivity contribution in [2.45, 2.75) is 0 Å². The first-order valence-electron chi connectivity index (χ1n) is 4.74. The highest BCUT2D eigenvalue weighted by Crippen LogP contribution is 2.24. The number of hydrogen-bond acceptors (Lipinski definition) is 5. The van der Waals surface area contributed by atoms with Crippen LogP contribution in [0.15, 0.2) is 28.8 Å². The van der Waals surface area contributed by atoms with Gasteiger partial charge < -0.3 is 9.52 Å². The number of nitrogens with one attached hydrogen (secondary N) is 1. The molecule has 0 fully saturated rings. The van der Waals surface area contributed by atoms with Crippen LogP contribution in [0.1, 0.15) is 10.4 Å². The molecular formula is C10H6N4O3. The highest BCUT2D eigenvalue weighted by atomic mass is 16.4. The Balaban J connectivity index is 2.26. The number of carbonyl (C=O) groups is 1. The maximum atomic E-state index is 11.0. The van der Waals surface area contributed by atoms with Crippen LogP contribution in [0.2, 0.25) is 0 Å². The first kappa shape index (κ1) is 9.52. The zero-order chi connectivity index (χ0) is 11.8. The van der Waals surface area contributed by atoms with Gasteiger partial charge >= 0.3 is 5.97 Å². The maximum Gasteiger partial charge on any atom is 0.339 e. The molecule has 0 radical (unpaired) electrons. The van der Waals surface area contributed by atoms with E-state index in [9.17, 15) is 4.79 Å². The lowest BCUT2D eigenvalue weighted by molar-refractivity contribution is 0.0698. The molecule has 2 aromatic heterocycles. The van der Waals surface area contributed by atoms with Gasteiger partial charge in [-0.1, -0.05) is 6.07 Å². The molecule has 17 heavy (non-hydrogen) atoms. The molecular weight excluding hydrogens is 224 g/mol. The number of H-pyrrole nitrogens is 1. The molecule has 0 aliphatic rings. The van der Waals surface area contributed by atoms with Crippen LogP contribution in [0.25, 0.3) is 22.7 Å². The molecule has 7 nitrogen and oxygen atoms in total. The third kappa shape index (κ3) is 1.44. The van der Waals surface area contributed by atoms with Crippen LogP contribution in [0, 0.1) is 0 Å². The van der Waals surface area contributed by atoms with Crippen molar-refractivity contribution in [3.63, 3.8) is 0 Å². The van der Waals surface area contributed by atoms with Gasteiger partial charge in [0, 0.05) is 0 Å². The van der Waals surface area contributed by atoms with Crippen molar-refractivity contribution in [1.82, 2.24) is 20.4 Å². The van der Waals surface area contributed by atoms with E-state index < -0.39 is 5.97 Å². The number of nitrogens with zero attached hydrogens (tertiary/aromatic N) is 3. The third-order valence-corrected chi connectivity index (χ3v) is 2.28. The van der Waals surface area contributed by atoms with Gasteiger partial charge in [0.25, 0.3) is 0 Å². The summed E-state index contributed by atoms with van der Waals surface area (Å²) < 4.78 is 5.39. The topological polar surface area (TPSA) is 105 Å². The summed E-state index contributed by atoms with van der Waals surface area (Å²) in [5.41, 5.74) is 1.21. The predicted octanol–water partition coefficient (Wildman–Crippen LogP) is 1.31. The Hall–Kier alpha value is -2.70. The van der Waals surface area contributed by atoms with E-state index in [0.29, 0.717) is 11.2 Å². The zero-order valence-corrected chi connectivity index (χ0v) is 8.41. The second-order valence-electron chi connectivity index (χ2n) is 3.33. The summed E-state index contributed by atoms with van der Waals surface area (Å²) in [5.74, 6) is -0.819. The van der Waals surface area contributed by atoms with Crippen molar-refractivity contribution < 1.29 is 14.3 Å². The van der Waals surface area contributed by atoms with E-state index in [-0.39, 0.29) is 17.0 Å². The van der Waals surface area contributed by atoms with E-state index in [1.807, 2.05) is 0 Å². The smallest absolute Gasteiger partial charge is 0.339 e. The second kappa shape index (κ2) is 3.41. The number of para-hydroxylation sites is 1. The van der Waals surface area contributed by atoms with Crippen LogP contribution in [-0.2, 0) is 0 Å². The summed E-state index contributed by atoms with van der Waals surface area (Å²) in [4.78, 5) is 15.1. The standard InChI is InChI=1S/C10H6N4O3/c15-10(16)5-2-1-3-6-8(5)17-9(12-6)7-4-11-14-13-7/h1-4H,(H,15,16)(H,11,13,14). The number of aromatic carboxylic acids is 1. The number of aromatic nitrogens is 4. The van der Waals surface area contributed by atoms with Crippen molar-refractivity contribution in [3.8, 4) is 11.6 Å². The highest BCUT2D eigenvalue weighted by Gasteiger charge is 2.16. The number of hydrogen-bond donors (Lipinski definition) is 2. The second-order valence-corrected chi connectivity index (χ2v) is 3.33. The van der Waals surface area contributed by atoms with E-state index in [0.717, 1.165) is 0 Å². The molecule has 84 valence electrons. The number of benzene rings is 1. The lowest BCUT2D eigenvalue weighted by Gasteiger charge is -1.92. The van der Waals surface area contributed by atoms with Crippen LogP contribution in [0.4, 0.5) is 0 Å². The van der Waals surface area contributed by atoms with Gasteiger partial charge in [-0.15, -0.1) is 0 Å². The van der Waals surface area contributed by atoms with Crippen molar-refractivity contribution in [1.29, 1.82) is 0 Å². The highest BCUT2D eigenvalue weighted by molar-refractivity contribution is 6.00. The van der Waals surface area contributed by atoms with E-state index in [4.69, 9.17) is 9.52 Å². The molecule has 0 bridgehead atoms. The van der Waals surface area contributed by atoms with Crippen molar-refractivity contribution in [2.75, 3.05) is 0 Å². The van der Waals surface area contributed by atoms with Crippen LogP contribution in [0.3, 0.4) is 0 Å². The fraction of sp³-hybridized carbons (Fsp3) is 0. The lowest BCUT2D eigenvalue weighted by atomic mass is 10.2. The Kier molecular flexibility index (Phi) is 1.91. The van der Waals surface area contributed by atoms with E-state index in [1.54, 1.807) is 12.1 Å². The van der Waals surface area contributed by atoms with Gasteiger partial charge in [-0.3, -0.25) is 0 Å². The van der Waals surface area contributed by atoms with Gasteiger partial charge in [-0.2, -0.15) is 15.4 Å². The average molecular weight is 230 g/mol. The molecule has 0 spiro atoms. The minimum absolute atomic E-state index is 0.0738. The first-order chi connectivity index (χ1) is 8.25. The van der Waals surface area contributed by atoms with Crippen LogP contribution in [0.5, 0.6) is 0 Å². The molecule has 0 atom stereocenters. The van der Waals surface area contributed by atoms with Gasteiger partial charge in [0.2, 0.25) is 5.89 Å². The average Bonchev–Trinajstić information content (AvgIpc) is 2.96.